The molecule has 0 amide bonds. The summed E-state index contributed by atoms with van der Waals surface area (Å²) in [5.74, 6) is 0.378. The fraction of sp³-hybridized carbons (Fsp3) is 0.643. The van der Waals surface area contributed by atoms with Crippen molar-refractivity contribution in [3.05, 3.63) is 15.8 Å². The zero-order chi connectivity index (χ0) is 13.1. The van der Waals surface area contributed by atoms with E-state index in [0.29, 0.717) is 16.5 Å². The molecule has 4 heteroatoms. The molecule has 0 saturated heterocycles. The molecule has 2 unspecified atom stereocenters. The van der Waals surface area contributed by atoms with E-state index in [2.05, 4.69) is 6.92 Å². The first kappa shape index (κ1) is 13.4. The van der Waals surface area contributed by atoms with Gasteiger partial charge in [-0.25, -0.2) is 4.79 Å². The molecule has 0 radical (unpaired) electrons. The molecule has 0 spiro atoms. The molecule has 1 heterocycles. The Morgan fingerprint density at radius 3 is 2.94 bits per heavy atom. The van der Waals surface area contributed by atoms with Crippen LogP contribution in [-0.4, -0.2) is 17.2 Å². The standard InChI is InChI=1S/C14H20O3S/c1-3-11-8-12(13(18-11)14(15)16)17-10-6-4-5-9(2)7-10/h8-10H,3-7H2,1-2H3,(H,15,16). The predicted octanol–water partition coefficient (Wildman–Crippen LogP) is 3.97. The van der Waals surface area contributed by atoms with Gasteiger partial charge in [0, 0.05) is 4.88 Å². The second-order valence-electron chi connectivity index (χ2n) is 5.08. The summed E-state index contributed by atoms with van der Waals surface area (Å²) in [6.45, 7) is 4.27. The molecule has 1 saturated carbocycles. The Morgan fingerprint density at radius 1 is 1.56 bits per heavy atom. The van der Waals surface area contributed by atoms with Crippen LogP contribution in [0.3, 0.4) is 0 Å². The first-order chi connectivity index (χ1) is 8.60. The molecule has 1 aromatic heterocycles. The van der Waals surface area contributed by atoms with Gasteiger partial charge in [-0.05, 0) is 37.7 Å². The molecule has 2 rings (SSSR count). The Labute approximate surface area is 112 Å². The average Bonchev–Trinajstić information content (AvgIpc) is 2.72. The van der Waals surface area contributed by atoms with E-state index in [9.17, 15) is 9.90 Å². The zero-order valence-electron chi connectivity index (χ0n) is 10.9. The van der Waals surface area contributed by atoms with Crippen molar-refractivity contribution in [1.82, 2.24) is 0 Å². The third kappa shape index (κ3) is 3.05. The van der Waals surface area contributed by atoms with Crippen molar-refractivity contribution in [2.24, 2.45) is 5.92 Å². The lowest BCUT2D eigenvalue weighted by Crippen LogP contribution is -2.24. The number of carbonyl (C=O) groups is 1. The van der Waals surface area contributed by atoms with E-state index in [4.69, 9.17) is 4.74 Å². The largest absolute Gasteiger partial charge is 0.489 e. The summed E-state index contributed by atoms with van der Waals surface area (Å²) < 4.78 is 5.93. The SMILES string of the molecule is CCc1cc(OC2CCCC(C)C2)c(C(=O)O)s1. The van der Waals surface area contributed by atoms with Gasteiger partial charge in [0.1, 0.15) is 5.75 Å². The second-order valence-corrected chi connectivity index (χ2v) is 6.21. The van der Waals surface area contributed by atoms with Crippen LogP contribution in [0.25, 0.3) is 0 Å². The molecule has 0 aromatic carbocycles. The molecule has 1 aromatic rings. The van der Waals surface area contributed by atoms with Gasteiger partial charge in [0.15, 0.2) is 4.88 Å². The summed E-state index contributed by atoms with van der Waals surface area (Å²) in [6.07, 6.45) is 5.56. The van der Waals surface area contributed by atoms with Crippen molar-refractivity contribution in [2.45, 2.75) is 52.1 Å². The molecule has 1 aliphatic rings. The molecular weight excluding hydrogens is 248 g/mol. The van der Waals surface area contributed by atoms with E-state index in [1.54, 1.807) is 0 Å². The number of ether oxygens (including phenoxy) is 1. The van der Waals surface area contributed by atoms with Gasteiger partial charge >= 0.3 is 5.97 Å². The molecule has 1 aliphatic carbocycles. The molecule has 1 N–H and O–H groups in total. The summed E-state index contributed by atoms with van der Waals surface area (Å²) >= 11 is 1.33. The molecule has 1 fully saturated rings. The minimum absolute atomic E-state index is 0.186. The van der Waals surface area contributed by atoms with Gasteiger partial charge in [-0.15, -0.1) is 11.3 Å². The lowest BCUT2D eigenvalue weighted by molar-refractivity contribution is 0.0690. The summed E-state index contributed by atoms with van der Waals surface area (Å²) in [4.78, 5) is 12.6. The highest BCUT2D eigenvalue weighted by Gasteiger charge is 2.23. The zero-order valence-corrected chi connectivity index (χ0v) is 11.8. The smallest absolute Gasteiger partial charge is 0.349 e. The van der Waals surface area contributed by atoms with Crippen molar-refractivity contribution in [3.8, 4) is 5.75 Å². The summed E-state index contributed by atoms with van der Waals surface area (Å²) in [5, 5.41) is 9.19. The Hall–Kier alpha value is -1.03. The van der Waals surface area contributed by atoms with Gasteiger partial charge in [0.25, 0.3) is 0 Å². The highest BCUT2D eigenvalue weighted by Crippen LogP contribution is 2.34. The van der Waals surface area contributed by atoms with Crippen molar-refractivity contribution in [2.75, 3.05) is 0 Å². The number of hydrogen-bond acceptors (Lipinski definition) is 3. The maximum absolute atomic E-state index is 11.2. The Balaban J connectivity index is 2.12. The van der Waals surface area contributed by atoms with Gasteiger partial charge in [-0.3, -0.25) is 0 Å². The fourth-order valence-corrected chi connectivity index (χ4v) is 3.37. The van der Waals surface area contributed by atoms with Gasteiger partial charge in [0.05, 0.1) is 6.10 Å². The van der Waals surface area contributed by atoms with Crippen molar-refractivity contribution in [3.63, 3.8) is 0 Å². The molecule has 100 valence electrons. The minimum atomic E-state index is -0.876. The number of aryl methyl sites for hydroxylation is 1. The lowest BCUT2D eigenvalue weighted by Gasteiger charge is -2.27. The van der Waals surface area contributed by atoms with E-state index in [-0.39, 0.29) is 6.10 Å². The van der Waals surface area contributed by atoms with Crippen LogP contribution in [-0.2, 0) is 6.42 Å². The van der Waals surface area contributed by atoms with Crippen LogP contribution in [0.4, 0.5) is 0 Å². The molecular formula is C14H20O3S. The van der Waals surface area contributed by atoms with Crippen LogP contribution >= 0.6 is 11.3 Å². The average molecular weight is 268 g/mol. The molecule has 2 atom stereocenters. The van der Waals surface area contributed by atoms with Gasteiger partial charge in [0.2, 0.25) is 0 Å². The normalized spacial score (nSPS) is 23.9. The lowest BCUT2D eigenvalue weighted by atomic mass is 9.89. The van der Waals surface area contributed by atoms with E-state index < -0.39 is 5.97 Å². The topological polar surface area (TPSA) is 46.5 Å². The monoisotopic (exact) mass is 268 g/mol. The number of carboxylic acids is 1. The van der Waals surface area contributed by atoms with Crippen LogP contribution in [0.1, 0.15) is 54.1 Å². The number of carboxylic acid groups (broad SMARTS) is 1. The Kier molecular flexibility index (Phi) is 4.27. The number of rotatable bonds is 4. The predicted molar refractivity (Wildman–Crippen MR) is 72.7 cm³/mol. The van der Waals surface area contributed by atoms with E-state index in [1.165, 1.54) is 24.2 Å². The highest BCUT2D eigenvalue weighted by molar-refractivity contribution is 7.14. The van der Waals surface area contributed by atoms with Crippen LogP contribution in [0.2, 0.25) is 0 Å². The van der Waals surface area contributed by atoms with E-state index >= 15 is 0 Å². The summed E-state index contributed by atoms with van der Waals surface area (Å²) in [7, 11) is 0. The third-order valence-electron chi connectivity index (χ3n) is 3.47. The first-order valence-electron chi connectivity index (χ1n) is 6.62. The van der Waals surface area contributed by atoms with Crippen molar-refractivity contribution < 1.29 is 14.6 Å². The van der Waals surface area contributed by atoms with Gasteiger partial charge in [-0.2, -0.15) is 0 Å². The maximum atomic E-state index is 11.2. The summed E-state index contributed by atoms with van der Waals surface area (Å²) in [5.41, 5.74) is 0. The van der Waals surface area contributed by atoms with Crippen LogP contribution in [0, 0.1) is 5.92 Å². The molecule has 0 bridgehead atoms. The van der Waals surface area contributed by atoms with Gasteiger partial charge in [-0.1, -0.05) is 20.3 Å². The number of hydrogen-bond donors (Lipinski definition) is 1. The van der Waals surface area contributed by atoms with Crippen LogP contribution in [0.5, 0.6) is 5.75 Å². The fourth-order valence-electron chi connectivity index (χ4n) is 2.50. The van der Waals surface area contributed by atoms with Crippen molar-refractivity contribution in [1.29, 1.82) is 0 Å². The number of thiophene rings is 1. The highest BCUT2D eigenvalue weighted by atomic mass is 32.1. The molecule has 0 aliphatic heterocycles. The van der Waals surface area contributed by atoms with Crippen LogP contribution < -0.4 is 4.74 Å². The Bertz CT molecular complexity index is 425. The molecule has 3 nitrogen and oxygen atoms in total. The quantitative estimate of drug-likeness (QED) is 0.898. The number of aromatic carboxylic acids is 1. The Morgan fingerprint density at radius 2 is 2.33 bits per heavy atom. The van der Waals surface area contributed by atoms with Gasteiger partial charge < -0.3 is 9.84 Å². The minimum Gasteiger partial charge on any atom is -0.489 e. The first-order valence-corrected chi connectivity index (χ1v) is 7.44. The van der Waals surface area contributed by atoms with E-state index in [0.717, 1.165) is 24.1 Å². The van der Waals surface area contributed by atoms with Crippen molar-refractivity contribution >= 4 is 17.3 Å². The second kappa shape index (κ2) is 5.74. The maximum Gasteiger partial charge on any atom is 0.349 e. The van der Waals surface area contributed by atoms with Crippen LogP contribution in [0.15, 0.2) is 6.07 Å². The summed E-state index contributed by atoms with van der Waals surface area (Å²) in [6, 6.07) is 1.90. The molecule has 18 heavy (non-hydrogen) atoms. The third-order valence-corrected chi connectivity index (χ3v) is 4.72. The van der Waals surface area contributed by atoms with E-state index in [1.807, 2.05) is 13.0 Å².